The van der Waals surface area contributed by atoms with Crippen LogP contribution in [0.4, 0.5) is 13.2 Å². The number of esters is 1. The first-order valence-corrected chi connectivity index (χ1v) is 4.30. The molecule has 0 atom stereocenters. The Bertz CT molecular complexity index is 402. The van der Waals surface area contributed by atoms with Crippen LogP contribution in [0, 0.1) is 24.4 Å². The van der Waals surface area contributed by atoms with E-state index in [0.29, 0.717) is 0 Å². The van der Waals surface area contributed by atoms with Crippen LogP contribution >= 0.6 is 0 Å². The van der Waals surface area contributed by atoms with Crippen LogP contribution < -0.4 is 0 Å². The molecule has 0 aliphatic rings. The molecule has 15 heavy (non-hydrogen) atoms. The zero-order valence-electron chi connectivity index (χ0n) is 8.23. The first kappa shape index (κ1) is 11.6. The lowest BCUT2D eigenvalue weighted by Crippen LogP contribution is -2.10. The highest BCUT2D eigenvalue weighted by Gasteiger charge is 2.21. The lowest BCUT2D eigenvalue weighted by molar-refractivity contribution is 0.0519. The SMILES string of the molecule is CCOC(=O)c1cc(C)c(F)c(F)c1F. The third-order valence-electron chi connectivity index (χ3n) is 1.82. The summed E-state index contributed by atoms with van der Waals surface area (Å²) in [6.45, 7) is 2.80. The summed E-state index contributed by atoms with van der Waals surface area (Å²) in [5, 5.41) is 0. The largest absolute Gasteiger partial charge is 0.462 e. The molecule has 0 N–H and O–H groups in total. The van der Waals surface area contributed by atoms with Crippen molar-refractivity contribution in [3.8, 4) is 0 Å². The van der Waals surface area contributed by atoms with Crippen LogP contribution in [0.25, 0.3) is 0 Å². The lowest BCUT2D eigenvalue weighted by atomic mass is 10.1. The molecule has 5 heteroatoms. The molecule has 1 aromatic rings. The number of benzene rings is 1. The second-order valence-corrected chi connectivity index (χ2v) is 2.90. The standard InChI is InChI=1S/C10H9F3O2/c1-3-15-10(14)6-4-5(2)7(11)9(13)8(6)12/h4H,3H2,1-2H3. The van der Waals surface area contributed by atoms with Gasteiger partial charge in [-0.15, -0.1) is 0 Å². The second kappa shape index (κ2) is 4.33. The zero-order chi connectivity index (χ0) is 11.6. The third kappa shape index (κ3) is 2.11. The first-order chi connectivity index (χ1) is 6.99. The summed E-state index contributed by atoms with van der Waals surface area (Å²) in [6.07, 6.45) is 0. The van der Waals surface area contributed by atoms with E-state index in [-0.39, 0.29) is 12.2 Å². The van der Waals surface area contributed by atoms with Gasteiger partial charge in [-0.2, -0.15) is 0 Å². The molecule has 0 heterocycles. The van der Waals surface area contributed by atoms with E-state index in [1.807, 2.05) is 0 Å². The van der Waals surface area contributed by atoms with E-state index >= 15 is 0 Å². The van der Waals surface area contributed by atoms with Crippen molar-refractivity contribution in [1.82, 2.24) is 0 Å². The molecule has 1 aromatic carbocycles. The van der Waals surface area contributed by atoms with Gasteiger partial charge in [0.25, 0.3) is 0 Å². The molecule has 2 nitrogen and oxygen atoms in total. The molecule has 0 aliphatic heterocycles. The maximum atomic E-state index is 13.1. The molecule has 0 aliphatic carbocycles. The average molecular weight is 218 g/mol. The summed E-state index contributed by atoms with van der Waals surface area (Å²) in [6, 6.07) is 0.922. The van der Waals surface area contributed by atoms with Crippen molar-refractivity contribution in [2.24, 2.45) is 0 Å². The van der Waals surface area contributed by atoms with Crippen molar-refractivity contribution in [3.63, 3.8) is 0 Å². The van der Waals surface area contributed by atoms with Crippen molar-refractivity contribution in [2.75, 3.05) is 6.61 Å². The monoisotopic (exact) mass is 218 g/mol. The van der Waals surface area contributed by atoms with E-state index in [0.717, 1.165) is 6.07 Å². The minimum absolute atomic E-state index is 0.0380. The Hall–Kier alpha value is -1.52. The minimum atomic E-state index is -1.65. The summed E-state index contributed by atoms with van der Waals surface area (Å²) >= 11 is 0. The van der Waals surface area contributed by atoms with Gasteiger partial charge in [-0.25, -0.2) is 18.0 Å². The molecule has 0 spiro atoms. The molecular weight excluding hydrogens is 209 g/mol. The highest BCUT2D eigenvalue weighted by molar-refractivity contribution is 5.90. The molecular formula is C10H9F3O2. The van der Waals surface area contributed by atoms with E-state index in [1.54, 1.807) is 0 Å². The van der Waals surface area contributed by atoms with E-state index in [2.05, 4.69) is 4.74 Å². The van der Waals surface area contributed by atoms with E-state index in [4.69, 9.17) is 0 Å². The van der Waals surface area contributed by atoms with Gasteiger partial charge in [0.1, 0.15) is 0 Å². The fourth-order valence-corrected chi connectivity index (χ4v) is 1.09. The van der Waals surface area contributed by atoms with Crippen LogP contribution in [0.5, 0.6) is 0 Å². The van der Waals surface area contributed by atoms with E-state index in [1.165, 1.54) is 13.8 Å². The molecule has 0 radical (unpaired) electrons. The molecule has 0 saturated carbocycles. The number of carbonyl (C=O) groups excluding carboxylic acids is 1. The van der Waals surface area contributed by atoms with Crippen LogP contribution in [0.15, 0.2) is 6.07 Å². The molecule has 0 fully saturated rings. The van der Waals surface area contributed by atoms with Gasteiger partial charge >= 0.3 is 5.97 Å². The Labute approximate surface area is 84.7 Å². The number of carbonyl (C=O) groups is 1. The lowest BCUT2D eigenvalue weighted by Gasteiger charge is -2.06. The van der Waals surface area contributed by atoms with Crippen molar-refractivity contribution < 1.29 is 22.7 Å². The van der Waals surface area contributed by atoms with Crippen molar-refractivity contribution in [1.29, 1.82) is 0 Å². The molecule has 0 unspecified atom stereocenters. The van der Waals surface area contributed by atoms with Crippen molar-refractivity contribution in [2.45, 2.75) is 13.8 Å². The molecule has 0 bridgehead atoms. The van der Waals surface area contributed by atoms with Gasteiger partial charge in [0.15, 0.2) is 17.5 Å². The van der Waals surface area contributed by atoms with Gasteiger partial charge in [0.05, 0.1) is 12.2 Å². The van der Waals surface area contributed by atoms with E-state index in [9.17, 15) is 18.0 Å². The molecule has 0 aromatic heterocycles. The number of halogens is 3. The third-order valence-corrected chi connectivity index (χ3v) is 1.82. The van der Waals surface area contributed by atoms with Crippen LogP contribution in [0.2, 0.25) is 0 Å². The maximum absolute atomic E-state index is 13.1. The normalized spacial score (nSPS) is 10.2. The predicted molar refractivity (Wildman–Crippen MR) is 47.0 cm³/mol. The van der Waals surface area contributed by atoms with Crippen molar-refractivity contribution >= 4 is 5.97 Å². The van der Waals surface area contributed by atoms with Gasteiger partial charge in [0.2, 0.25) is 0 Å². The second-order valence-electron chi connectivity index (χ2n) is 2.90. The highest BCUT2D eigenvalue weighted by atomic mass is 19.2. The Morgan fingerprint density at radius 3 is 2.40 bits per heavy atom. The highest BCUT2D eigenvalue weighted by Crippen LogP contribution is 2.19. The van der Waals surface area contributed by atoms with Gasteiger partial charge in [-0.3, -0.25) is 0 Å². The van der Waals surface area contributed by atoms with Gasteiger partial charge in [0, 0.05) is 0 Å². The summed E-state index contributed by atoms with van der Waals surface area (Å²) < 4.78 is 43.3. The number of ether oxygens (including phenoxy) is 1. The Balaban J connectivity index is 3.26. The van der Waals surface area contributed by atoms with Crippen molar-refractivity contribution in [3.05, 3.63) is 34.6 Å². The molecule has 0 amide bonds. The average Bonchev–Trinajstić information content (AvgIpc) is 2.20. The topological polar surface area (TPSA) is 26.3 Å². The minimum Gasteiger partial charge on any atom is -0.462 e. The van der Waals surface area contributed by atoms with E-state index < -0.39 is 29.0 Å². The van der Waals surface area contributed by atoms with Gasteiger partial charge in [-0.05, 0) is 25.5 Å². The number of hydrogen-bond acceptors (Lipinski definition) is 2. The number of aryl methyl sites for hydroxylation is 1. The summed E-state index contributed by atoms with van der Waals surface area (Å²) in [5.41, 5.74) is -0.731. The Kier molecular flexibility index (Phi) is 3.34. The van der Waals surface area contributed by atoms with Gasteiger partial charge < -0.3 is 4.74 Å². The number of hydrogen-bond donors (Lipinski definition) is 0. The summed E-state index contributed by atoms with van der Waals surface area (Å²) in [7, 11) is 0. The predicted octanol–water partition coefficient (Wildman–Crippen LogP) is 2.59. The maximum Gasteiger partial charge on any atom is 0.341 e. The molecule has 0 saturated heterocycles. The van der Waals surface area contributed by atoms with Crippen LogP contribution in [-0.4, -0.2) is 12.6 Å². The first-order valence-electron chi connectivity index (χ1n) is 4.30. The van der Waals surface area contributed by atoms with Gasteiger partial charge in [-0.1, -0.05) is 0 Å². The summed E-state index contributed by atoms with van der Waals surface area (Å²) in [5.74, 6) is -5.47. The molecule has 82 valence electrons. The van der Waals surface area contributed by atoms with Crippen LogP contribution in [0.1, 0.15) is 22.8 Å². The fourth-order valence-electron chi connectivity index (χ4n) is 1.09. The Morgan fingerprint density at radius 1 is 1.27 bits per heavy atom. The summed E-state index contributed by atoms with van der Waals surface area (Å²) in [4.78, 5) is 11.1. The number of rotatable bonds is 2. The fraction of sp³-hybridized carbons (Fsp3) is 0.300. The Morgan fingerprint density at radius 2 is 1.87 bits per heavy atom. The van der Waals surface area contributed by atoms with Crippen LogP contribution in [0.3, 0.4) is 0 Å². The molecule has 1 rings (SSSR count). The zero-order valence-corrected chi connectivity index (χ0v) is 8.23. The smallest absolute Gasteiger partial charge is 0.341 e. The quantitative estimate of drug-likeness (QED) is 0.563. The van der Waals surface area contributed by atoms with Crippen LogP contribution in [-0.2, 0) is 4.74 Å².